The van der Waals surface area contributed by atoms with Gasteiger partial charge >= 0.3 is 0 Å². The molecule has 1 unspecified atom stereocenters. The average molecular weight is 209 g/mol. The molecule has 0 heterocycles. The van der Waals surface area contributed by atoms with Crippen LogP contribution in [0.4, 0.5) is 0 Å². The largest absolute Gasteiger partial charge is 0.389 e. The average Bonchev–Trinajstić information content (AvgIpc) is 2.59. The Balaban J connectivity index is 3.17. The lowest BCUT2D eigenvalue weighted by molar-refractivity contribution is 0.626. The summed E-state index contributed by atoms with van der Waals surface area (Å²) >= 11 is 0. The molecule has 1 rings (SSSR count). The van der Waals surface area contributed by atoms with Crippen molar-refractivity contribution < 1.29 is 0 Å². The molecule has 0 aromatic heterocycles. The minimum atomic E-state index is 0.546. The van der Waals surface area contributed by atoms with Crippen molar-refractivity contribution in [3.8, 4) is 0 Å². The first kappa shape index (κ1) is 12.0. The zero-order valence-electron chi connectivity index (χ0n) is 10.5. The predicted molar refractivity (Wildman–Crippen MR) is 65.3 cm³/mol. The Hall–Kier alpha value is -1.12. The van der Waals surface area contributed by atoms with Crippen LogP contribution in [0.3, 0.4) is 0 Å². The smallest absolute Gasteiger partial charge is 0.0771 e. The van der Waals surface area contributed by atoms with Crippen molar-refractivity contribution in [1.82, 2.24) is 16.0 Å². The molecule has 0 aromatic rings. The Morgan fingerprint density at radius 1 is 0.933 bits per heavy atom. The zero-order valence-corrected chi connectivity index (χ0v) is 10.5. The van der Waals surface area contributed by atoms with Gasteiger partial charge < -0.3 is 16.0 Å². The number of hydrogen-bond acceptors (Lipinski definition) is 3. The van der Waals surface area contributed by atoms with Gasteiger partial charge in [0.1, 0.15) is 0 Å². The lowest BCUT2D eigenvalue weighted by Crippen LogP contribution is -2.21. The van der Waals surface area contributed by atoms with Gasteiger partial charge in [-0.2, -0.15) is 0 Å². The van der Waals surface area contributed by atoms with Crippen molar-refractivity contribution in [2.75, 3.05) is 21.1 Å². The monoisotopic (exact) mass is 209 g/mol. The van der Waals surface area contributed by atoms with E-state index in [-0.39, 0.29) is 0 Å². The van der Waals surface area contributed by atoms with E-state index in [1.807, 2.05) is 21.1 Å². The van der Waals surface area contributed by atoms with Gasteiger partial charge in [-0.25, -0.2) is 0 Å². The molecule has 0 saturated carbocycles. The van der Waals surface area contributed by atoms with Crippen molar-refractivity contribution in [1.29, 1.82) is 0 Å². The maximum Gasteiger partial charge on any atom is 0.0771 e. The van der Waals surface area contributed by atoms with E-state index in [9.17, 15) is 0 Å². The van der Waals surface area contributed by atoms with E-state index >= 15 is 0 Å². The molecular formula is C12H23N3. The molecule has 3 nitrogen and oxygen atoms in total. The van der Waals surface area contributed by atoms with Crippen molar-refractivity contribution in [2.45, 2.75) is 26.7 Å². The van der Waals surface area contributed by atoms with Crippen molar-refractivity contribution in [3.63, 3.8) is 0 Å². The van der Waals surface area contributed by atoms with Crippen LogP contribution >= 0.6 is 0 Å². The molecule has 0 amide bonds. The maximum absolute atomic E-state index is 3.33. The molecule has 3 N–H and O–H groups in total. The summed E-state index contributed by atoms with van der Waals surface area (Å²) in [6, 6.07) is 0. The van der Waals surface area contributed by atoms with Gasteiger partial charge in [-0.15, -0.1) is 0 Å². The van der Waals surface area contributed by atoms with Crippen LogP contribution in [-0.4, -0.2) is 21.1 Å². The van der Waals surface area contributed by atoms with Crippen molar-refractivity contribution in [3.05, 3.63) is 22.7 Å². The minimum absolute atomic E-state index is 0.546. The molecular weight excluding hydrogens is 186 g/mol. The fourth-order valence-corrected chi connectivity index (χ4v) is 2.54. The topological polar surface area (TPSA) is 36.1 Å². The van der Waals surface area contributed by atoms with Gasteiger partial charge in [0.25, 0.3) is 0 Å². The first-order valence-corrected chi connectivity index (χ1v) is 5.75. The molecule has 1 atom stereocenters. The Bertz CT molecular complexity index is 261. The van der Waals surface area contributed by atoms with Crippen molar-refractivity contribution in [2.24, 2.45) is 5.92 Å². The summed E-state index contributed by atoms with van der Waals surface area (Å²) in [5.41, 5.74) is 5.33. The molecule has 3 heteroatoms. The molecule has 0 spiro atoms. The van der Waals surface area contributed by atoms with Gasteiger partial charge in [-0.05, 0) is 18.4 Å². The quantitative estimate of drug-likeness (QED) is 0.643. The zero-order chi connectivity index (χ0) is 11.4. The van der Waals surface area contributed by atoms with Gasteiger partial charge in [-0.1, -0.05) is 13.8 Å². The van der Waals surface area contributed by atoms with E-state index in [1.165, 1.54) is 22.7 Å². The summed E-state index contributed by atoms with van der Waals surface area (Å²) in [5.74, 6) is 0.546. The lowest BCUT2D eigenvalue weighted by Gasteiger charge is -2.16. The van der Waals surface area contributed by atoms with Crippen LogP contribution in [0.15, 0.2) is 22.7 Å². The fraction of sp³-hybridized carbons (Fsp3) is 0.667. The molecule has 15 heavy (non-hydrogen) atoms. The molecule has 0 saturated heterocycles. The van der Waals surface area contributed by atoms with E-state index in [2.05, 4.69) is 29.8 Å². The molecule has 0 aromatic carbocycles. The third kappa shape index (κ3) is 1.83. The number of hydrogen-bond donors (Lipinski definition) is 3. The fourth-order valence-electron chi connectivity index (χ4n) is 2.54. The first-order valence-electron chi connectivity index (χ1n) is 5.75. The van der Waals surface area contributed by atoms with E-state index < -0.39 is 0 Å². The summed E-state index contributed by atoms with van der Waals surface area (Å²) in [5, 5.41) is 9.94. The third-order valence-corrected chi connectivity index (χ3v) is 3.17. The van der Waals surface area contributed by atoms with Gasteiger partial charge in [0, 0.05) is 32.8 Å². The first-order chi connectivity index (χ1) is 7.24. The van der Waals surface area contributed by atoms with Gasteiger partial charge in [-0.3, -0.25) is 0 Å². The summed E-state index contributed by atoms with van der Waals surface area (Å²) in [6.07, 6.45) is 2.25. The Morgan fingerprint density at radius 2 is 1.53 bits per heavy atom. The summed E-state index contributed by atoms with van der Waals surface area (Å²) in [6.45, 7) is 4.46. The molecule has 0 bridgehead atoms. The molecule has 0 aliphatic heterocycles. The van der Waals surface area contributed by atoms with Crippen LogP contribution in [0, 0.1) is 5.92 Å². The van der Waals surface area contributed by atoms with Crippen LogP contribution in [0.25, 0.3) is 0 Å². The Kier molecular flexibility index (Phi) is 4.06. The second-order valence-electron chi connectivity index (χ2n) is 3.75. The van der Waals surface area contributed by atoms with E-state index in [4.69, 9.17) is 0 Å². The highest BCUT2D eigenvalue weighted by atomic mass is 15.0. The molecule has 1 aliphatic rings. The second-order valence-corrected chi connectivity index (χ2v) is 3.75. The maximum atomic E-state index is 3.33. The summed E-state index contributed by atoms with van der Waals surface area (Å²) < 4.78 is 0. The number of likely N-dealkylation sites (N-methyl/N-ethyl adjacent to an activating group) is 2. The summed E-state index contributed by atoms with van der Waals surface area (Å²) in [4.78, 5) is 0. The minimum Gasteiger partial charge on any atom is -0.389 e. The lowest BCUT2D eigenvalue weighted by atomic mass is 9.95. The number of rotatable bonds is 5. The van der Waals surface area contributed by atoms with Gasteiger partial charge in [0.05, 0.1) is 11.4 Å². The highest BCUT2D eigenvalue weighted by Gasteiger charge is 2.30. The highest BCUT2D eigenvalue weighted by Crippen LogP contribution is 2.36. The van der Waals surface area contributed by atoms with Crippen LogP contribution in [0.1, 0.15) is 26.7 Å². The second kappa shape index (κ2) is 5.10. The summed E-state index contributed by atoms with van der Waals surface area (Å²) in [7, 11) is 5.98. The van der Waals surface area contributed by atoms with Crippen LogP contribution in [0.5, 0.6) is 0 Å². The Labute approximate surface area is 93.0 Å². The third-order valence-electron chi connectivity index (χ3n) is 3.17. The highest BCUT2D eigenvalue weighted by molar-refractivity contribution is 5.47. The molecule has 0 fully saturated rings. The molecule has 1 aliphatic carbocycles. The van der Waals surface area contributed by atoms with E-state index in [0.717, 1.165) is 12.8 Å². The normalized spacial score (nSPS) is 21.0. The van der Waals surface area contributed by atoms with Crippen LogP contribution < -0.4 is 16.0 Å². The molecule has 0 radical (unpaired) electrons. The van der Waals surface area contributed by atoms with Crippen LogP contribution in [-0.2, 0) is 0 Å². The Morgan fingerprint density at radius 3 is 1.87 bits per heavy atom. The van der Waals surface area contributed by atoms with E-state index in [0.29, 0.717) is 5.92 Å². The van der Waals surface area contributed by atoms with E-state index in [1.54, 1.807) is 0 Å². The predicted octanol–water partition coefficient (Wildman–Crippen LogP) is 1.56. The van der Waals surface area contributed by atoms with Gasteiger partial charge in [0.2, 0.25) is 0 Å². The standard InChI is InChI=1S/C12H23N3/c1-6-8-9(7-2)11(14-4)12(15-5)10(8)13-3/h8,13-15H,6-7H2,1-5H3. The van der Waals surface area contributed by atoms with Crippen molar-refractivity contribution >= 4 is 0 Å². The number of allylic oxidation sites excluding steroid dienone is 1. The number of nitrogens with one attached hydrogen (secondary N) is 3. The van der Waals surface area contributed by atoms with Gasteiger partial charge in [0.15, 0.2) is 0 Å². The van der Waals surface area contributed by atoms with Crippen LogP contribution in [0.2, 0.25) is 0 Å². The molecule has 86 valence electrons. The SMILES string of the molecule is CCC1=C(NC)C(NC)=C(NC)C1CC.